The number of aromatic nitrogens is 3. The first-order valence-electron chi connectivity index (χ1n) is 14.3. The van der Waals surface area contributed by atoms with Crippen LogP contribution in [-0.2, 0) is 11.3 Å². The van der Waals surface area contributed by atoms with E-state index in [1.54, 1.807) is 29.8 Å². The Morgan fingerprint density at radius 1 is 1.02 bits per heavy atom. The third-order valence-electron chi connectivity index (χ3n) is 8.16. The average Bonchev–Trinajstić information content (AvgIpc) is 3.75. The summed E-state index contributed by atoms with van der Waals surface area (Å²) in [6, 6.07) is 14.5. The maximum absolute atomic E-state index is 14.5. The first-order valence-corrected chi connectivity index (χ1v) is 16.0. The average molecular weight is 629 g/mol. The van der Waals surface area contributed by atoms with Crippen LogP contribution >= 0.6 is 22.7 Å². The number of rotatable bonds is 7. The number of halogens is 2. The van der Waals surface area contributed by atoms with Gasteiger partial charge in [0.2, 0.25) is 5.91 Å². The molecule has 1 aliphatic rings. The van der Waals surface area contributed by atoms with Gasteiger partial charge in [0, 0.05) is 17.0 Å². The number of aromatic carboxylic acids is 1. The van der Waals surface area contributed by atoms with Gasteiger partial charge in [-0.05, 0) is 66.3 Å². The van der Waals surface area contributed by atoms with Crippen LogP contribution in [0.5, 0.6) is 0 Å². The standard InChI is InChI=1S/C33H26F2N4O3S2/c34-21-7-4-8-22(35)29(21)24-12-9-19-15-20(10-11-23(19)37-24)30-28(18-5-2-1-3-6-18)31-25(16-26(44-31)32(41)42)39(30)17-27(40)38-33-36-13-14-43-33/h4,7-16,18H,1-3,5-6,17H2,(H,41,42)(H,36,38,40). The van der Waals surface area contributed by atoms with Gasteiger partial charge >= 0.3 is 5.97 Å². The van der Waals surface area contributed by atoms with Crippen LogP contribution in [0.4, 0.5) is 13.9 Å². The predicted molar refractivity (Wildman–Crippen MR) is 169 cm³/mol. The van der Waals surface area contributed by atoms with E-state index < -0.39 is 17.6 Å². The number of carboxylic acid groups (broad SMARTS) is 1. The topological polar surface area (TPSA) is 97.1 Å². The number of fused-ring (bicyclic) bond motifs is 2. The molecular weight excluding hydrogens is 603 g/mol. The van der Waals surface area contributed by atoms with Gasteiger partial charge in [-0.1, -0.05) is 37.5 Å². The van der Waals surface area contributed by atoms with Crippen molar-refractivity contribution in [2.75, 3.05) is 5.32 Å². The zero-order valence-electron chi connectivity index (χ0n) is 23.3. The van der Waals surface area contributed by atoms with Crippen LogP contribution in [0.1, 0.15) is 53.3 Å². The number of nitrogens with one attached hydrogen (secondary N) is 1. The fraction of sp³-hybridized carbons (Fsp3) is 0.212. The van der Waals surface area contributed by atoms with Gasteiger partial charge in [-0.25, -0.2) is 23.5 Å². The molecule has 7 nitrogen and oxygen atoms in total. The second kappa shape index (κ2) is 11.5. The van der Waals surface area contributed by atoms with E-state index in [1.807, 2.05) is 22.8 Å². The molecule has 222 valence electrons. The molecule has 6 aromatic rings. The Labute approximate surface area is 258 Å². The molecule has 1 fully saturated rings. The minimum absolute atomic E-state index is 0.0320. The van der Waals surface area contributed by atoms with Gasteiger partial charge in [-0.3, -0.25) is 4.79 Å². The number of hydrogen-bond donors (Lipinski definition) is 2. The molecule has 7 rings (SSSR count). The molecule has 0 bridgehead atoms. The minimum Gasteiger partial charge on any atom is -0.477 e. The van der Waals surface area contributed by atoms with Crippen LogP contribution < -0.4 is 5.32 Å². The Balaban J connectivity index is 1.39. The van der Waals surface area contributed by atoms with Crippen LogP contribution in [0.25, 0.3) is 43.6 Å². The Morgan fingerprint density at radius 2 is 1.82 bits per heavy atom. The van der Waals surface area contributed by atoms with Gasteiger partial charge in [-0.15, -0.1) is 22.7 Å². The highest BCUT2D eigenvalue weighted by Crippen LogP contribution is 2.47. The number of pyridine rings is 1. The Morgan fingerprint density at radius 3 is 2.55 bits per heavy atom. The third-order valence-corrected chi connectivity index (χ3v) is 9.99. The zero-order chi connectivity index (χ0) is 30.4. The van der Waals surface area contributed by atoms with Crippen LogP contribution in [0, 0.1) is 11.6 Å². The predicted octanol–water partition coefficient (Wildman–Crippen LogP) is 8.70. The van der Waals surface area contributed by atoms with E-state index in [-0.39, 0.29) is 34.5 Å². The number of anilines is 1. The molecule has 0 saturated heterocycles. The molecular formula is C33H26F2N4O3S2. The molecule has 1 amide bonds. The largest absolute Gasteiger partial charge is 0.477 e. The molecule has 44 heavy (non-hydrogen) atoms. The monoisotopic (exact) mass is 628 g/mol. The van der Waals surface area contributed by atoms with Gasteiger partial charge in [0.15, 0.2) is 5.13 Å². The molecule has 0 atom stereocenters. The van der Waals surface area contributed by atoms with E-state index in [0.29, 0.717) is 16.2 Å². The van der Waals surface area contributed by atoms with Gasteiger partial charge in [0.1, 0.15) is 23.1 Å². The fourth-order valence-corrected chi connectivity index (χ4v) is 7.91. The summed E-state index contributed by atoms with van der Waals surface area (Å²) >= 11 is 2.57. The van der Waals surface area contributed by atoms with Crippen molar-refractivity contribution in [2.45, 2.75) is 44.6 Å². The highest BCUT2D eigenvalue weighted by molar-refractivity contribution is 7.21. The second-order valence-corrected chi connectivity index (χ2v) is 12.8. The number of hydrogen-bond acceptors (Lipinski definition) is 6. The second-order valence-electron chi connectivity index (χ2n) is 10.9. The van der Waals surface area contributed by atoms with E-state index in [2.05, 4.69) is 15.3 Å². The summed E-state index contributed by atoms with van der Waals surface area (Å²) in [6.45, 7) is -0.0320. The summed E-state index contributed by atoms with van der Waals surface area (Å²) in [7, 11) is 0. The van der Waals surface area contributed by atoms with Gasteiger partial charge in [0.25, 0.3) is 0 Å². The molecule has 0 aliphatic heterocycles. The molecule has 2 N–H and O–H groups in total. The van der Waals surface area contributed by atoms with Crippen LogP contribution in [0.15, 0.2) is 66.2 Å². The Kier molecular flexibility index (Phi) is 7.43. The smallest absolute Gasteiger partial charge is 0.345 e. The molecule has 1 saturated carbocycles. The lowest BCUT2D eigenvalue weighted by molar-refractivity contribution is -0.116. The first kappa shape index (κ1) is 28.3. The van der Waals surface area contributed by atoms with Gasteiger partial charge in [-0.2, -0.15) is 0 Å². The van der Waals surface area contributed by atoms with Crippen LogP contribution in [0.2, 0.25) is 0 Å². The van der Waals surface area contributed by atoms with E-state index in [0.717, 1.165) is 59.0 Å². The van der Waals surface area contributed by atoms with Gasteiger partial charge in [0.05, 0.1) is 32.7 Å². The van der Waals surface area contributed by atoms with Crippen molar-refractivity contribution in [3.8, 4) is 22.5 Å². The third kappa shape index (κ3) is 5.16. The molecule has 11 heteroatoms. The molecule has 0 unspecified atom stereocenters. The SMILES string of the molecule is O=C(Cn1c(-c2ccc3nc(-c4c(F)cccc4F)ccc3c2)c(C2CCCCC2)c2sc(C(=O)O)cc21)Nc1nccs1. The van der Waals surface area contributed by atoms with Crippen LogP contribution in [-0.4, -0.2) is 31.5 Å². The Bertz CT molecular complexity index is 2030. The number of thiophene rings is 1. The zero-order valence-corrected chi connectivity index (χ0v) is 25.0. The number of nitrogens with zero attached hydrogens (tertiary/aromatic N) is 3. The van der Waals surface area contributed by atoms with E-state index in [4.69, 9.17) is 0 Å². The maximum atomic E-state index is 14.5. The van der Waals surface area contributed by atoms with Crippen molar-refractivity contribution in [3.05, 3.63) is 88.2 Å². The number of carboxylic acids is 1. The summed E-state index contributed by atoms with van der Waals surface area (Å²) in [5, 5.41) is 15.8. The molecule has 2 aromatic carbocycles. The normalized spacial score (nSPS) is 14.0. The lowest BCUT2D eigenvalue weighted by atomic mass is 9.83. The van der Waals surface area contributed by atoms with E-state index >= 15 is 0 Å². The summed E-state index contributed by atoms with van der Waals surface area (Å²) in [5.41, 5.74) is 4.10. The quantitative estimate of drug-likeness (QED) is 0.184. The Hall–Kier alpha value is -4.48. The van der Waals surface area contributed by atoms with Gasteiger partial charge < -0.3 is 15.0 Å². The summed E-state index contributed by atoms with van der Waals surface area (Å²) < 4.78 is 31.8. The summed E-state index contributed by atoms with van der Waals surface area (Å²) in [4.78, 5) is 34.3. The van der Waals surface area contributed by atoms with E-state index in [9.17, 15) is 23.5 Å². The number of carbonyl (C=O) groups is 2. The highest BCUT2D eigenvalue weighted by Gasteiger charge is 2.30. The summed E-state index contributed by atoms with van der Waals surface area (Å²) in [5.74, 6) is -2.42. The number of amides is 1. The maximum Gasteiger partial charge on any atom is 0.345 e. The molecule has 4 heterocycles. The van der Waals surface area contributed by atoms with Crippen molar-refractivity contribution in [1.82, 2.24) is 14.5 Å². The minimum atomic E-state index is -1.000. The van der Waals surface area contributed by atoms with Crippen LogP contribution in [0.3, 0.4) is 0 Å². The fourth-order valence-electron chi connectivity index (χ4n) is 6.24. The van der Waals surface area contributed by atoms with E-state index in [1.165, 1.54) is 40.9 Å². The summed E-state index contributed by atoms with van der Waals surface area (Å²) in [6.07, 6.45) is 6.89. The molecule has 0 radical (unpaired) electrons. The first-order chi connectivity index (χ1) is 21.4. The lowest BCUT2D eigenvalue weighted by Crippen LogP contribution is -2.19. The number of carbonyl (C=O) groups excluding carboxylic acids is 1. The lowest BCUT2D eigenvalue weighted by Gasteiger charge is -2.23. The highest BCUT2D eigenvalue weighted by atomic mass is 32.1. The van der Waals surface area contributed by atoms with Crippen molar-refractivity contribution in [1.29, 1.82) is 0 Å². The van der Waals surface area contributed by atoms with Crippen molar-refractivity contribution in [3.63, 3.8) is 0 Å². The number of thiazole rings is 1. The molecule has 4 aromatic heterocycles. The van der Waals surface area contributed by atoms with Crippen molar-refractivity contribution >= 4 is 60.8 Å². The molecule has 0 spiro atoms. The molecule has 1 aliphatic carbocycles. The number of benzene rings is 2. The van der Waals surface area contributed by atoms with Crippen molar-refractivity contribution < 1.29 is 23.5 Å². The van der Waals surface area contributed by atoms with Crippen molar-refractivity contribution in [2.24, 2.45) is 0 Å².